The Hall–Kier alpha value is -3.09. The first kappa shape index (κ1) is 40.6. The molecule has 12 heteroatoms. The Bertz CT molecular complexity index is 2240. The molecule has 0 radical (unpaired) electrons. The zero-order valence-electron chi connectivity index (χ0n) is 33.1. The van der Waals surface area contributed by atoms with E-state index < -0.39 is 16.1 Å². The Labute approximate surface area is 342 Å². The normalized spacial score (nSPS) is 13.1. The molecule has 0 aliphatic carbocycles. The van der Waals surface area contributed by atoms with E-state index in [-0.39, 0.29) is 31.4 Å². The summed E-state index contributed by atoms with van der Waals surface area (Å²) in [6.45, 7) is 27.8. The highest BCUT2D eigenvalue weighted by molar-refractivity contribution is 6.91. The van der Waals surface area contributed by atoms with Gasteiger partial charge in [0.05, 0.1) is 54.0 Å². The highest BCUT2D eigenvalue weighted by Crippen LogP contribution is 2.48. The molecule has 0 amide bonds. The number of anilines is 4. The Morgan fingerprint density at radius 3 is 1.06 bits per heavy atom. The lowest BCUT2D eigenvalue weighted by Gasteiger charge is -2.38. The van der Waals surface area contributed by atoms with Gasteiger partial charge in [0.1, 0.15) is 38.2 Å². The van der Waals surface area contributed by atoms with Gasteiger partial charge in [-0.25, -0.2) is 19.9 Å². The van der Waals surface area contributed by atoms with Gasteiger partial charge in [0, 0.05) is 0 Å². The van der Waals surface area contributed by atoms with E-state index in [1.807, 2.05) is 12.1 Å². The first-order valence-corrected chi connectivity index (χ1v) is 24.8. The van der Waals surface area contributed by atoms with E-state index in [1.165, 1.54) is 0 Å². The predicted molar refractivity (Wildman–Crippen MR) is 239 cm³/mol. The number of hydrogen-bond acceptors (Lipinski definition) is 6. The zero-order valence-corrected chi connectivity index (χ0v) is 38.1. The van der Waals surface area contributed by atoms with Gasteiger partial charge in [-0.05, 0) is 45.4 Å². The molecule has 0 unspecified atom stereocenters. The summed E-state index contributed by atoms with van der Waals surface area (Å²) in [6, 6.07) is 8.17. The molecule has 3 aromatic carbocycles. The maximum Gasteiger partial charge on any atom is 0.199 e. The van der Waals surface area contributed by atoms with Gasteiger partial charge in [-0.2, -0.15) is 0 Å². The summed E-state index contributed by atoms with van der Waals surface area (Å²) < 4.78 is 0. The van der Waals surface area contributed by atoms with Crippen molar-refractivity contribution in [2.24, 2.45) is 0 Å². The maximum absolute atomic E-state index is 6.69. The zero-order chi connectivity index (χ0) is 39.6. The van der Waals surface area contributed by atoms with Crippen molar-refractivity contribution in [2.75, 3.05) is 10.6 Å². The van der Waals surface area contributed by atoms with Gasteiger partial charge in [0.15, 0.2) is 11.3 Å². The van der Waals surface area contributed by atoms with Crippen molar-refractivity contribution in [1.82, 2.24) is 19.9 Å². The van der Waals surface area contributed by atoms with E-state index >= 15 is 0 Å². The minimum absolute atomic E-state index is 0.107. The number of halogens is 4. The van der Waals surface area contributed by atoms with Crippen LogP contribution in [0.5, 0.6) is 0 Å². The molecule has 54 heavy (non-hydrogen) atoms. The van der Waals surface area contributed by atoms with Crippen molar-refractivity contribution in [2.45, 2.75) is 116 Å². The molecule has 0 fully saturated rings. The van der Waals surface area contributed by atoms with Gasteiger partial charge < -0.3 is 10.6 Å². The van der Waals surface area contributed by atoms with Crippen LogP contribution < -0.4 is 10.6 Å². The van der Waals surface area contributed by atoms with Gasteiger partial charge >= 0.3 is 0 Å². The Morgan fingerprint density at radius 2 is 0.759 bits per heavy atom. The summed E-state index contributed by atoms with van der Waals surface area (Å²) in [5, 5.41) is 8.03. The van der Waals surface area contributed by atoms with Crippen LogP contribution in [0.2, 0.25) is 53.3 Å². The second kappa shape index (κ2) is 15.1. The number of aromatic nitrogens is 4. The van der Waals surface area contributed by atoms with Gasteiger partial charge in [-0.3, -0.25) is 0 Å². The minimum atomic E-state index is -2.19. The molecular weight excluding hydrogens is 786 g/mol. The van der Waals surface area contributed by atoms with Crippen molar-refractivity contribution in [3.63, 3.8) is 0 Å². The average molecular weight is 835 g/mol. The van der Waals surface area contributed by atoms with Crippen molar-refractivity contribution in [3.05, 3.63) is 55.5 Å². The molecule has 0 saturated heterocycles. The van der Waals surface area contributed by atoms with Crippen molar-refractivity contribution in [3.8, 4) is 22.9 Å². The van der Waals surface area contributed by atoms with Crippen LogP contribution >= 0.6 is 46.4 Å². The van der Waals surface area contributed by atoms with Gasteiger partial charge in [0.2, 0.25) is 0 Å². The van der Waals surface area contributed by atoms with E-state index in [9.17, 15) is 0 Å². The lowest BCUT2D eigenvalue weighted by atomic mass is 10.00. The molecule has 1 aliphatic heterocycles. The van der Waals surface area contributed by atoms with E-state index in [0.717, 1.165) is 33.9 Å². The van der Waals surface area contributed by atoms with Crippen molar-refractivity contribution in [1.29, 1.82) is 0 Å². The number of fused-ring (bicyclic) bond motifs is 5. The summed E-state index contributed by atoms with van der Waals surface area (Å²) in [6.07, 6.45) is 0. The summed E-state index contributed by atoms with van der Waals surface area (Å²) >= 11 is 26.3. The summed E-state index contributed by atoms with van der Waals surface area (Å²) in [7, 11) is -4.38. The minimum Gasteiger partial charge on any atom is -0.351 e. The fourth-order valence-corrected chi connectivity index (χ4v) is 20.4. The van der Waals surface area contributed by atoms with Crippen LogP contribution in [0.1, 0.15) is 94.2 Å². The van der Waals surface area contributed by atoms with Crippen LogP contribution in [-0.4, -0.2) is 36.1 Å². The second-order valence-electron chi connectivity index (χ2n) is 16.3. The number of para-hydroxylation sites is 2. The molecule has 6 nitrogen and oxygen atoms in total. The molecule has 282 valence electrons. The predicted octanol–water partition coefficient (Wildman–Crippen LogP) is 14.3. The molecular formula is C42H48Cl4N6Si2. The topological polar surface area (TPSA) is 75.6 Å². The first-order valence-electron chi connectivity index (χ1n) is 18.8. The largest absolute Gasteiger partial charge is 0.351 e. The number of nitrogens with one attached hydrogen (secondary N) is 2. The number of nitrogens with zero attached hydrogens (tertiary/aromatic N) is 4. The molecule has 3 heterocycles. The van der Waals surface area contributed by atoms with E-state index in [2.05, 4.69) is 129 Å². The molecule has 0 bridgehead atoms. The number of rotatable bonds is 6. The standard InChI is InChI=1S/C42H48Cl4N6Si2/c1-21(2)53(22(3)4,23(5)6)19-17-27-35-36(48-30-16-14-13-15-29(30)47-35)28(18-20-54(24(7)8,25(9)10)26(11)12)38-37(27)49-41-42(50-38)52-40-34(46)32(44)31(43)33(45)39(40)51-41/h13-16,21-26,47-48H,1-12H3. The van der Waals surface area contributed by atoms with E-state index in [4.69, 9.17) is 66.3 Å². The van der Waals surface area contributed by atoms with Crippen LogP contribution in [0, 0.1) is 22.9 Å². The summed E-state index contributed by atoms with van der Waals surface area (Å²) in [4.78, 5) is 20.2. The number of hydrogen-bond donors (Lipinski definition) is 2. The highest BCUT2D eigenvalue weighted by atomic mass is 35.5. The fourth-order valence-electron chi connectivity index (χ4n) is 9.10. The number of benzene rings is 3. The highest BCUT2D eigenvalue weighted by Gasteiger charge is 2.43. The quantitative estimate of drug-likeness (QED) is 0.0572. The molecule has 0 saturated carbocycles. The lowest BCUT2D eigenvalue weighted by Crippen LogP contribution is -2.43. The molecule has 5 aromatic rings. The van der Waals surface area contributed by atoms with Gasteiger partial charge in [0.25, 0.3) is 0 Å². The molecule has 0 spiro atoms. The van der Waals surface area contributed by atoms with Crippen LogP contribution in [0.4, 0.5) is 22.7 Å². The smallest absolute Gasteiger partial charge is 0.199 e. The third-order valence-electron chi connectivity index (χ3n) is 11.7. The van der Waals surface area contributed by atoms with Gasteiger partial charge in [-0.1, -0.05) is 153 Å². The SMILES string of the molecule is CC(C)[Si](C#Cc1c2c(c(C#C[Si](C(C)C)(C(C)C)C(C)C)c3nc4nc5c(Cl)c(Cl)c(Cl)c(Cl)c5nc4nc13)Nc1ccccc1N2)(C(C)C)C(C)C. The average Bonchev–Trinajstić information content (AvgIpc) is 3.11. The molecule has 2 N–H and O–H groups in total. The van der Waals surface area contributed by atoms with Crippen molar-refractivity contribution < 1.29 is 0 Å². The summed E-state index contributed by atoms with van der Waals surface area (Å²) in [5.41, 5.74) is 17.8. The van der Waals surface area contributed by atoms with Crippen LogP contribution in [0.25, 0.3) is 33.4 Å². The first-order chi connectivity index (χ1) is 25.4. The maximum atomic E-state index is 6.69. The third kappa shape index (κ3) is 6.45. The molecule has 0 atom stereocenters. The van der Waals surface area contributed by atoms with Gasteiger partial charge in [-0.15, -0.1) is 11.1 Å². The lowest BCUT2D eigenvalue weighted by molar-refractivity contribution is 0.838. The van der Waals surface area contributed by atoms with Crippen LogP contribution in [0.3, 0.4) is 0 Å². The van der Waals surface area contributed by atoms with Crippen LogP contribution in [-0.2, 0) is 0 Å². The Balaban J connectivity index is 1.83. The fraction of sp³-hybridized carbons (Fsp3) is 0.429. The molecule has 1 aliphatic rings. The van der Waals surface area contributed by atoms with Crippen LogP contribution in [0.15, 0.2) is 24.3 Å². The third-order valence-corrected chi connectivity index (χ3v) is 26.1. The summed E-state index contributed by atoms with van der Waals surface area (Å²) in [5.74, 6) is 7.52. The second-order valence-corrected chi connectivity index (χ2v) is 29.0. The molecule has 2 aromatic heterocycles. The van der Waals surface area contributed by atoms with E-state index in [1.54, 1.807) is 0 Å². The molecule has 6 rings (SSSR count). The Kier molecular flexibility index (Phi) is 11.3. The van der Waals surface area contributed by atoms with Crippen molar-refractivity contribution >= 4 is 119 Å². The Morgan fingerprint density at radius 1 is 0.463 bits per heavy atom. The van der Waals surface area contributed by atoms with E-state index in [0.29, 0.717) is 55.3 Å². The monoisotopic (exact) mass is 832 g/mol.